The molecule has 1 atom stereocenters. The fraction of sp³-hybridized carbons (Fsp3) is 0.312. The molecule has 1 heterocycles. The maximum Gasteiger partial charge on any atom is 0.241 e. The molecule has 1 aliphatic rings. The van der Waals surface area contributed by atoms with E-state index in [0.29, 0.717) is 0 Å². The number of fused-ring (bicyclic) bond motifs is 1. The van der Waals surface area contributed by atoms with Gasteiger partial charge in [-0.2, -0.15) is 0 Å². The van der Waals surface area contributed by atoms with Crippen LogP contribution >= 0.6 is 0 Å². The maximum atomic E-state index is 12.1. The topological polar surface area (TPSA) is 41.1 Å². The molecule has 0 unspecified atom stereocenters. The van der Waals surface area contributed by atoms with E-state index >= 15 is 0 Å². The van der Waals surface area contributed by atoms with Gasteiger partial charge in [0, 0.05) is 5.69 Å². The zero-order valence-electron chi connectivity index (χ0n) is 10.9. The molecule has 1 saturated heterocycles. The Kier molecular flexibility index (Phi) is 3.47. The van der Waals surface area contributed by atoms with E-state index < -0.39 is 0 Å². The molecule has 3 heteroatoms. The highest BCUT2D eigenvalue weighted by Crippen LogP contribution is 2.19. The number of amides is 1. The molecule has 98 valence electrons. The zero-order chi connectivity index (χ0) is 13.1. The zero-order valence-corrected chi connectivity index (χ0v) is 10.9. The van der Waals surface area contributed by atoms with Gasteiger partial charge in [-0.05, 0) is 42.3 Å². The Morgan fingerprint density at radius 1 is 1.11 bits per heavy atom. The van der Waals surface area contributed by atoms with Crippen LogP contribution in [0.25, 0.3) is 10.8 Å². The largest absolute Gasteiger partial charge is 0.325 e. The molecule has 1 amide bonds. The molecule has 0 saturated carbocycles. The summed E-state index contributed by atoms with van der Waals surface area (Å²) in [5.74, 6) is 0.0787. The summed E-state index contributed by atoms with van der Waals surface area (Å²) in [7, 11) is 0. The number of anilines is 1. The van der Waals surface area contributed by atoms with Gasteiger partial charge in [0.05, 0.1) is 6.04 Å². The van der Waals surface area contributed by atoms with E-state index in [1.165, 1.54) is 11.8 Å². The third kappa shape index (κ3) is 2.76. The van der Waals surface area contributed by atoms with Crippen molar-refractivity contribution >= 4 is 22.4 Å². The van der Waals surface area contributed by atoms with Gasteiger partial charge >= 0.3 is 0 Å². The molecule has 2 N–H and O–H groups in total. The average Bonchev–Trinajstić information content (AvgIpc) is 2.48. The molecule has 0 aromatic heterocycles. The van der Waals surface area contributed by atoms with Crippen molar-refractivity contribution in [3.8, 4) is 0 Å². The SMILES string of the molecule is O=C(Nc1ccc2ccccc2c1)[C@H]1CCCCN1. The van der Waals surface area contributed by atoms with Crippen LogP contribution in [-0.2, 0) is 4.79 Å². The van der Waals surface area contributed by atoms with E-state index in [1.807, 2.05) is 30.3 Å². The molecule has 2 aromatic carbocycles. The van der Waals surface area contributed by atoms with Crippen LogP contribution in [0.4, 0.5) is 5.69 Å². The first-order chi connectivity index (χ1) is 9.33. The Balaban J connectivity index is 1.75. The summed E-state index contributed by atoms with van der Waals surface area (Å²) >= 11 is 0. The van der Waals surface area contributed by atoms with Gasteiger partial charge in [0.1, 0.15) is 0 Å². The Bertz CT molecular complexity index is 588. The second-order valence-corrected chi connectivity index (χ2v) is 5.05. The van der Waals surface area contributed by atoms with Crippen LogP contribution in [0.1, 0.15) is 19.3 Å². The van der Waals surface area contributed by atoms with Gasteiger partial charge in [0.2, 0.25) is 5.91 Å². The number of nitrogens with one attached hydrogen (secondary N) is 2. The van der Waals surface area contributed by atoms with E-state index in [4.69, 9.17) is 0 Å². The quantitative estimate of drug-likeness (QED) is 0.865. The minimum absolute atomic E-state index is 0.0415. The molecular weight excluding hydrogens is 236 g/mol. The lowest BCUT2D eigenvalue weighted by atomic mass is 10.0. The lowest BCUT2D eigenvalue weighted by molar-refractivity contribution is -0.118. The van der Waals surface area contributed by atoms with Crippen LogP contribution in [0.5, 0.6) is 0 Å². The summed E-state index contributed by atoms with van der Waals surface area (Å²) in [4.78, 5) is 12.1. The number of hydrogen-bond donors (Lipinski definition) is 2. The third-order valence-electron chi connectivity index (χ3n) is 3.64. The summed E-state index contributed by atoms with van der Waals surface area (Å²) in [6.07, 6.45) is 3.22. The molecule has 1 fully saturated rings. The number of benzene rings is 2. The number of rotatable bonds is 2. The molecule has 0 bridgehead atoms. The lowest BCUT2D eigenvalue weighted by Gasteiger charge is -2.22. The predicted molar refractivity (Wildman–Crippen MR) is 78.2 cm³/mol. The number of carbonyl (C=O) groups excluding carboxylic acids is 1. The van der Waals surface area contributed by atoms with Crippen molar-refractivity contribution in [3.63, 3.8) is 0 Å². The van der Waals surface area contributed by atoms with E-state index in [-0.39, 0.29) is 11.9 Å². The summed E-state index contributed by atoms with van der Waals surface area (Å²) < 4.78 is 0. The highest BCUT2D eigenvalue weighted by atomic mass is 16.2. The molecule has 3 nitrogen and oxygen atoms in total. The smallest absolute Gasteiger partial charge is 0.241 e. The molecular formula is C16H18N2O. The fourth-order valence-corrected chi connectivity index (χ4v) is 2.57. The first kappa shape index (κ1) is 12.2. The maximum absolute atomic E-state index is 12.1. The average molecular weight is 254 g/mol. The summed E-state index contributed by atoms with van der Waals surface area (Å²) in [5, 5.41) is 8.61. The third-order valence-corrected chi connectivity index (χ3v) is 3.64. The van der Waals surface area contributed by atoms with Gasteiger partial charge in [-0.15, -0.1) is 0 Å². The van der Waals surface area contributed by atoms with Crippen molar-refractivity contribution in [1.82, 2.24) is 5.32 Å². The number of carbonyl (C=O) groups is 1. The number of hydrogen-bond acceptors (Lipinski definition) is 2. The first-order valence-electron chi connectivity index (χ1n) is 6.86. The standard InChI is InChI=1S/C16H18N2O/c19-16(15-7-3-4-10-17-15)18-14-9-8-12-5-1-2-6-13(12)11-14/h1-2,5-6,8-9,11,15,17H,3-4,7,10H2,(H,18,19)/t15-/m1/s1. The van der Waals surface area contributed by atoms with Gasteiger partial charge in [-0.1, -0.05) is 36.8 Å². The van der Waals surface area contributed by atoms with Crippen molar-refractivity contribution in [1.29, 1.82) is 0 Å². The van der Waals surface area contributed by atoms with Gasteiger partial charge in [0.15, 0.2) is 0 Å². The molecule has 1 aliphatic heterocycles. The number of piperidine rings is 1. The second kappa shape index (κ2) is 5.41. The molecule has 2 aromatic rings. The van der Waals surface area contributed by atoms with E-state index in [2.05, 4.69) is 22.8 Å². The van der Waals surface area contributed by atoms with E-state index in [1.54, 1.807) is 0 Å². The van der Waals surface area contributed by atoms with Crippen LogP contribution in [0, 0.1) is 0 Å². The van der Waals surface area contributed by atoms with E-state index in [0.717, 1.165) is 30.5 Å². The van der Waals surface area contributed by atoms with Gasteiger partial charge in [0.25, 0.3) is 0 Å². The van der Waals surface area contributed by atoms with Gasteiger partial charge in [-0.3, -0.25) is 4.79 Å². The van der Waals surface area contributed by atoms with Crippen LogP contribution in [0.3, 0.4) is 0 Å². The minimum atomic E-state index is -0.0415. The summed E-state index contributed by atoms with van der Waals surface area (Å²) in [6.45, 7) is 0.940. The Labute approximate surface area is 113 Å². The monoisotopic (exact) mass is 254 g/mol. The second-order valence-electron chi connectivity index (χ2n) is 5.05. The van der Waals surface area contributed by atoms with Crippen molar-refractivity contribution in [2.24, 2.45) is 0 Å². The van der Waals surface area contributed by atoms with Crippen molar-refractivity contribution in [3.05, 3.63) is 42.5 Å². The summed E-state index contributed by atoms with van der Waals surface area (Å²) in [6, 6.07) is 14.1. The molecule has 0 spiro atoms. The van der Waals surface area contributed by atoms with Crippen molar-refractivity contribution < 1.29 is 4.79 Å². The molecule has 0 aliphatic carbocycles. The van der Waals surface area contributed by atoms with Crippen LogP contribution < -0.4 is 10.6 Å². The summed E-state index contributed by atoms with van der Waals surface area (Å²) in [5.41, 5.74) is 0.871. The predicted octanol–water partition coefficient (Wildman–Crippen LogP) is 2.92. The van der Waals surface area contributed by atoms with Crippen LogP contribution in [0.15, 0.2) is 42.5 Å². The highest BCUT2D eigenvalue weighted by molar-refractivity contribution is 5.97. The normalized spacial score (nSPS) is 19.3. The van der Waals surface area contributed by atoms with Crippen LogP contribution in [0.2, 0.25) is 0 Å². The Morgan fingerprint density at radius 2 is 1.95 bits per heavy atom. The van der Waals surface area contributed by atoms with Gasteiger partial charge < -0.3 is 10.6 Å². The Hall–Kier alpha value is -1.87. The fourth-order valence-electron chi connectivity index (χ4n) is 2.57. The van der Waals surface area contributed by atoms with E-state index in [9.17, 15) is 4.79 Å². The molecule has 3 rings (SSSR count). The van der Waals surface area contributed by atoms with Crippen molar-refractivity contribution in [2.75, 3.05) is 11.9 Å². The minimum Gasteiger partial charge on any atom is -0.325 e. The highest BCUT2D eigenvalue weighted by Gasteiger charge is 2.20. The lowest BCUT2D eigenvalue weighted by Crippen LogP contribution is -2.43. The first-order valence-corrected chi connectivity index (χ1v) is 6.86. The van der Waals surface area contributed by atoms with Crippen molar-refractivity contribution in [2.45, 2.75) is 25.3 Å². The van der Waals surface area contributed by atoms with Crippen LogP contribution in [-0.4, -0.2) is 18.5 Å². The molecule has 0 radical (unpaired) electrons. The Morgan fingerprint density at radius 3 is 2.74 bits per heavy atom. The van der Waals surface area contributed by atoms with Gasteiger partial charge in [-0.25, -0.2) is 0 Å². The molecule has 19 heavy (non-hydrogen) atoms.